The largest absolute Gasteiger partial charge is 0.436 e. The van der Waals surface area contributed by atoms with Crippen LogP contribution >= 0.6 is 0 Å². The molecule has 0 saturated carbocycles. The van der Waals surface area contributed by atoms with Crippen molar-refractivity contribution in [3.8, 4) is 0 Å². The molecule has 3 heteroatoms. The molecule has 0 amide bonds. The fourth-order valence-electron chi connectivity index (χ4n) is 1.21. The van der Waals surface area contributed by atoms with E-state index in [1.807, 2.05) is 26.8 Å². The van der Waals surface area contributed by atoms with Gasteiger partial charge in [0, 0.05) is 6.08 Å². The Morgan fingerprint density at radius 1 is 1.38 bits per heavy atom. The molecule has 1 aliphatic rings. The molecule has 1 rings (SSSR count). The Labute approximate surface area is 79.0 Å². The highest BCUT2D eigenvalue weighted by Gasteiger charge is 2.37. The Morgan fingerprint density at radius 2 is 1.92 bits per heavy atom. The summed E-state index contributed by atoms with van der Waals surface area (Å²) in [6.45, 7) is 10.5. The van der Waals surface area contributed by atoms with Gasteiger partial charge in [-0.05, 0) is 26.3 Å². The second kappa shape index (κ2) is 3.94. The Morgan fingerprint density at radius 3 is 2.23 bits per heavy atom. The van der Waals surface area contributed by atoms with Crippen LogP contribution in [0.5, 0.6) is 0 Å². The van der Waals surface area contributed by atoms with Gasteiger partial charge >= 0.3 is 5.97 Å². The summed E-state index contributed by atoms with van der Waals surface area (Å²) in [7, 11) is 0. The summed E-state index contributed by atoms with van der Waals surface area (Å²) in [5.74, 6) is -0.410. The average Bonchev–Trinajstić information content (AvgIpc) is 2.29. The first-order valence-corrected chi connectivity index (χ1v) is 4.49. The summed E-state index contributed by atoms with van der Waals surface area (Å²) in [6, 6.07) is 0. The highest BCUT2D eigenvalue weighted by Crippen LogP contribution is 2.32. The van der Waals surface area contributed by atoms with Crippen molar-refractivity contribution in [1.29, 1.82) is 0 Å². The van der Waals surface area contributed by atoms with Crippen LogP contribution in [-0.4, -0.2) is 19.2 Å². The SMILES string of the molecule is C=C1OC(OCC)(OCC)C=C1C. The molecule has 1 aliphatic heterocycles. The van der Waals surface area contributed by atoms with Gasteiger partial charge in [-0.25, -0.2) is 0 Å². The summed E-state index contributed by atoms with van der Waals surface area (Å²) < 4.78 is 16.2. The second-order valence-electron chi connectivity index (χ2n) is 2.82. The van der Waals surface area contributed by atoms with Crippen molar-refractivity contribution in [2.45, 2.75) is 26.7 Å². The van der Waals surface area contributed by atoms with Crippen molar-refractivity contribution < 1.29 is 14.2 Å². The molecule has 0 radical (unpaired) electrons. The van der Waals surface area contributed by atoms with E-state index in [4.69, 9.17) is 14.2 Å². The van der Waals surface area contributed by atoms with E-state index in [0.717, 1.165) is 5.57 Å². The third-order valence-electron chi connectivity index (χ3n) is 1.79. The summed E-state index contributed by atoms with van der Waals surface area (Å²) in [5, 5.41) is 0. The fourth-order valence-corrected chi connectivity index (χ4v) is 1.21. The highest BCUT2D eigenvalue weighted by atomic mass is 16.9. The molecule has 0 saturated heterocycles. The summed E-state index contributed by atoms with van der Waals surface area (Å²) in [5.41, 5.74) is 0.960. The van der Waals surface area contributed by atoms with Crippen molar-refractivity contribution in [3.63, 3.8) is 0 Å². The van der Waals surface area contributed by atoms with E-state index >= 15 is 0 Å². The Kier molecular flexibility index (Phi) is 3.12. The van der Waals surface area contributed by atoms with Crippen molar-refractivity contribution in [2.24, 2.45) is 0 Å². The van der Waals surface area contributed by atoms with Crippen molar-refractivity contribution in [2.75, 3.05) is 13.2 Å². The van der Waals surface area contributed by atoms with Gasteiger partial charge in [0.2, 0.25) is 0 Å². The number of hydrogen-bond acceptors (Lipinski definition) is 3. The molecule has 0 aromatic heterocycles. The van der Waals surface area contributed by atoms with Crippen molar-refractivity contribution in [3.05, 3.63) is 24.0 Å². The average molecular weight is 184 g/mol. The van der Waals surface area contributed by atoms with Crippen molar-refractivity contribution >= 4 is 0 Å². The van der Waals surface area contributed by atoms with Crippen molar-refractivity contribution in [1.82, 2.24) is 0 Å². The second-order valence-corrected chi connectivity index (χ2v) is 2.82. The quantitative estimate of drug-likeness (QED) is 0.627. The van der Waals surface area contributed by atoms with E-state index in [0.29, 0.717) is 19.0 Å². The van der Waals surface area contributed by atoms with E-state index in [-0.39, 0.29) is 0 Å². The molecule has 0 spiro atoms. The molecule has 0 aliphatic carbocycles. The van der Waals surface area contributed by atoms with Gasteiger partial charge in [-0.3, -0.25) is 0 Å². The maximum absolute atomic E-state index is 5.41. The molecule has 0 unspecified atom stereocenters. The van der Waals surface area contributed by atoms with Crippen LogP contribution in [0.15, 0.2) is 24.0 Å². The molecule has 3 nitrogen and oxygen atoms in total. The molecule has 0 atom stereocenters. The number of ether oxygens (including phenoxy) is 3. The molecular formula is C10H16O3. The first kappa shape index (κ1) is 10.3. The van der Waals surface area contributed by atoms with Gasteiger partial charge in [0.05, 0.1) is 13.2 Å². The molecule has 74 valence electrons. The van der Waals surface area contributed by atoms with Crippen LogP contribution in [0.4, 0.5) is 0 Å². The highest BCUT2D eigenvalue weighted by molar-refractivity contribution is 5.28. The van der Waals surface area contributed by atoms with E-state index in [9.17, 15) is 0 Å². The van der Waals surface area contributed by atoms with E-state index in [1.165, 1.54) is 0 Å². The molecular weight excluding hydrogens is 168 g/mol. The monoisotopic (exact) mass is 184 g/mol. The minimum atomic E-state index is -1.02. The standard InChI is InChI=1S/C10H16O3/c1-5-11-10(12-6-2)7-8(3)9(4)13-10/h7H,4-6H2,1-3H3. The summed E-state index contributed by atoms with van der Waals surface area (Å²) in [6.07, 6.45) is 1.81. The van der Waals surface area contributed by atoms with Gasteiger partial charge in [0.15, 0.2) is 0 Å². The predicted molar refractivity (Wildman–Crippen MR) is 50.0 cm³/mol. The zero-order chi connectivity index (χ0) is 9.90. The first-order chi connectivity index (χ1) is 6.13. The lowest BCUT2D eigenvalue weighted by Gasteiger charge is -2.25. The van der Waals surface area contributed by atoms with Crippen LogP contribution in [-0.2, 0) is 14.2 Å². The lowest BCUT2D eigenvalue weighted by molar-refractivity contribution is -0.324. The maximum atomic E-state index is 5.41. The first-order valence-electron chi connectivity index (χ1n) is 4.49. The maximum Gasteiger partial charge on any atom is 0.349 e. The Balaban J connectivity index is 2.76. The normalized spacial score (nSPS) is 19.9. The molecule has 13 heavy (non-hydrogen) atoms. The van der Waals surface area contributed by atoms with Crippen LogP contribution in [0.25, 0.3) is 0 Å². The molecule has 0 aromatic carbocycles. The molecule has 0 fully saturated rings. The molecule has 0 aromatic rings. The van der Waals surface area contributed by atoms with Crippen LogP contribution in [0.1, 0.15) is 20.8 Å². The van der Waals surface area contributed by atoms with Gasteiger partial charge in [-0.2, -0.15) is 0 Å². The van der Waals surface area contributed by atoms with E-state index < -0.39 is 5.97 Å². The van der Waals surface area contributed by atoms with Gasteiger partial charge in [0.1, 0.15) is 5.76 Å². The fraction of sp³-hybridized carbons (Fsp3) is 0.600. The predicted octanol–water partition coefficient (Wildman–Crippen LogP) is 2.20. The molecule has 0 N–H and O–H groups in total. The lowest BCUT2D eigenvalue weighted by atomic mass is 10.3. The van der Waals surface area contributed by atoms with Crippen LogP contribution in [0.2, 0.25) is 0 Å². The number of hydrogen-bond donors (Lipinski definition) is 0. The zero-order valence-corrected chi connectivity index (χ0v) is 8.42. The zero-order valence-electron chi connectivity index (χ0n) is 8.42. The smallest absolute Gasteiger partial charge is 0.349 e. The van der Waals surface area contributed by atoms with E-state index in [2.05, 4.69) is 6.58 Å². The lowest BCUT2D eigenvalue weighted by Crippen LogP contribution is -2.34. The van der Waals surface area contributed by atoms with E-state index in [1.54, 1.807) is 0 Å². The minimum absolute atomic E-state index is 0.539. The van der Waals surface area contributed by atoms with Crippen LogP contribution in [0, 0.1) is 0 Å². The summed E-state index contributed by atoms with van der Waals surface area (Å²) >= 11 is 0. The Bertz CT molecular complexity index is 224. The number of allylic oxidation sites excluding steroid dienone is 1. The third kappa shape index (κ3) is 2.11. The molecule has 0 bridgehead atoms. The summed E-state index contributed by atoms with van der Waals surface area (Å²) in [4.78, 5) is 0. The molecule has 1 heterocycles. The Hall–Kier alpha value is -0.800. The van der Waals surface area contributed by atoms with Gasteiger partial charge < -0.3 is 14.2 Å². The van der Waals surface area contributed by atoms with Crippen LogP contribution < -0.4 is 0 Å². The third-order valence-corrected chi connectivity index (χ3v) is 1.79. The van der Waals surface area contributed by atoms with Crippen LogP contribution in [0.3, 0.4) is 0 Å². The topological polar surface area (TPSA) is 27.7 Å². The van der Waals surface area contributed by atoms with Gasteiger partial charge in [-0.1, -0.05) is 6.58 Å². The number of rotatable bonds is 4. The minimum Gasteiger partial charge on any atom is -0.436 e. The van der Waals surface area contributed by atoms with Gasteiger partial charge in [0.25, 0.3) is 0 Å². The van der Waals surface area contributed by atoms with Gasteiger partial charge in [-0.15, -0.1) is 0 Å².